The van der Waals surface area contributed by atoms with Crippen molar-refractivity contribution in [2.24, 2.45) is 0 Å². The lowest BCUT2D eigenvalue weighted by Crippen LogP contribution is -2.44. The van der Waals surface area contributed by atoms with Crippen molar-refractivity contribution < 1.29 is 19.1 Å². The van der Waals surface area contributed by atoms with Crippen molar-refractivity contribution in [2.45, 2.75) is 52.4 Å². The predicted octanol–water partition coefficient (Wildman–Crippen LogP) is 4.70. The number of alkyl carbamates (subject to hydrolysis) is 1. The molecule has 1 unspecified atom stereocenters. The lowest BCUT2D eigenvalue weighted by molar-refractivity contribution is -0.147. The fraction of sp³-hybridized carbons (Fsp3) is 0.364. The Hall–Kier alpha value is -2.82. The molecule has 27 heavy (non-hydrogen) atoms. The third-order valence-electron chi connectivity index (χ3n) is 3.35. The van der Waals surface area contributed by atoms with Crippen LogP contribution >= 0.6 is 0 Å². The van der Waals surface area contributed by atoms with E-state index in [9.17, 15) is 9.59 Å². The summed E-state index contributed by atoms with van der Waals surface area (Å²) in [5.74, 6) is -0.509. The second-order valence-corrected chi connectivity index (χ2v) is 7.13. The molecule has 0 radical (unpaired) electrons. The minimum absolute atomic E-state index is 0.144. The van der Waals surface area contributed by atoms with Crippen molar-refractivity contribution in [2.75, 3.05) is 0 Å². The zero-order valence-electron chi connectivity index (χ0n) is 16.5. The topological polar surface area (TPSA) is 64.6 Å². The first-order valence-corrected chi connectivity index (χ1v) is 8.86. The fourth-order valence-electron chi connectivity index (χ4n) is 2.16. The van der Waals surface area contributed by atoms with E-state index in [-0.39, 0.29) is 6.61 Å². The van der Waals surface area contributed by atoms with Crippen LogP contribution in [0.15, 0.2) is 66.8 Å². The van der Waals surface area contributed by atoms with Crippen LogP contribution in [0, 0.1) is 0 Å². The molecule has 0 spiro atoms. The zero-order chi connectivity index (χ0) is 20.3. The number of carbonyl (C=O) groups excluding carboxylic acids is 2. The second kappa shape index (κ2) is 11.0. The number of hydrogen-bond acceptors (Lipinski definition) is 4. The zero-order valence-corrected chi connectivity index (χ0v) is 16.5. The lowest BCUT2D eigenvalue weighted by Gasteiger charge is -2.23. The fourth-order valence-corrected chi connectivity index (χ4v) is 2.16. The van der Waals surface area contributed by atoms with E-state index in [4.69, 9.17) is 9.47 Å². The predicted molar refractivity (Wildman–Crippen MR) is 107 cm³/mol. The number of ether oxygens (including phenoxy) is 2. The van der Waals surface area contributed by atoms with Crippen molar-refractivity contribution >= 4 is 12.1 Å². The SMILES string of the molecule is C=C/C=C\C=C(/C)CC(NC(=O)OC(C)(C)C)C(=O)OCc1ccccc1. The first-order chi connectivity index (χ1) is 12.7. The van der Waals surface area contributed by atoms with Crippen LogP contribution in [0.25, 0.3) is 0 Å². The summed E-state index contributed by atoms with van der Waals surface area (Å²) in [4.78, 5) is 24.6. The number of nitrogens with one attached hydrogen (secondary N) is 1. The van der Waals surface area contributed by atoms with Crippen LogP contribution < -0.4 is 5.32 Å². The van der Waals surface area contributed by atoms with Gasteiger partial charge in [-0.2, -0.15) is 0 Å². The van der Waals surface area contributed by atoms with Gasteiger partial charge in [-0.1, -0.05) is 66.8 Å². The largest absolute Gasteiger partial charge is 0.459 e. The molecular formula is C22H29NO4. The molecule has 0 saturated carbocycles. The average Bonchev–Trinajstić information content (AvgIpc) is 2.58. The molecule has 1 aromatic rings. The summed E-state index contributed by atoms with van der Waals surface area (Å²) in [7, 11) is 0. The van der Waals surface area contributed by atoms with Crippen LogP contribution in [0.2, 0.25) is 0 Å². The molecule has 1 amide bonds. The quantitative estimate of drug-likeness (QED) is 0.531. The van der Waals surface area contributed by atoms with Gasteiger partial charge < -0.3 is 14.8 Å². The maximum atomic E-state index is 12.5. The number of carbonyl (C=O) groups is 2. The Morgan fingerprint density at radius 3 is 2.44 bits per heavy atom. The van der Waals surface area contributed by atoms with E-state index in [1.54, 1.807) is 32.9 Å². The minimum Gasteiger partial charge on any atom is -0.459 e. The maximum Gasteiger partial charge on any atom is 0.408 e. The van der Waals surface area contributed by atoms with Crippen LogP contribution in [0.5, 0.6) is 0 Å². The van der Waals surface area contributed by atoms with Crippen molar-refractivity contribution in [3.63, 3.8) is 0 Å². The molecule has 0 fully saturated rings. The van der Waals surface area contributed by atoms with Gasteiger partial charge in [-0.05, 0) is 39.7 Å². The van der Waals surface area contributed by atoms with Crippen LogP contribution in [-0.2, 0) is 20.9 Å². The first kappa shape index (κ1) is 22.2. The van der Waals surface area contributed by atoms with E-state index in [2.05, 4.69) is 11.9 Å². The Kier molecular flexibility index (Phi) is 9.06. The third kappa shape index (κ3) is 10.0. The summed E-state index contributed by atoms with van der Waals surface area (Å²) in [6.45, 7) is 10.9. The summed E-state index contributed by atoms with van der Waals surface area (Å²) < 4.78 is 10.6. The highest BCUT2D eigenvalue weighted by Crippen LogP contribution is 2.12. The van der Waals surface area contributed by atoms with Crippen LogP contribution in [0.3, 0.4) is 0 Å². The smallest absolute Gasteiger partial charge is 0.408 e. The normalized spacial score (nSPS) is 13.1. The Balaban J connectivity index is 2.79. The van der Waals surface area contributed by atoms with E-state index in [0.29, 0.717) is 6.42 Å². The Morgan fingerprint density at radius 2 is 1.85 bits per heavy atom. The molecule has 1 aromatic carbocycles. The van der Waals surface area contributed by atoms with Crippen molar-refractivity contribution in [1.82, 2.24) is 5.32 Å². The molecule has 0 aliphatic carbocycles. The Morgan fingerprint density at radius 1 is 1.19 bits per heavy atom. The van der Waals surface area contributed by atoms with Gasteiger partial charge in [-0.15, -0.1) is 0 Å². The van der Waals surface area contributed by atoms with Gasteiger partial charge >= 0.3 is 12.1 Å². The monoisotopic (exact) mass is 371 g/mol. The van der Waals surface area contributed by atoms with Crippen molar-refractivity contribution in [3.8, 4) is 0 Å². The van der Waals surface area contributed by atoms with E-state index < -0.39 is 23.7 Å². The molecule has 0 aromatic heterocycles. The summed E-state index contributed by atoms with van der Waals surface area (Å²) in [5, 5.41) is 2.61. The van der Waals surface area contributed by atoms with E-state index in [0.717, 1.165) is 11.1 Å². The van der Waals surface area contributed by atoms with Gasteiger partial charge in [0.05, 0.1) is 0 Å². The van der Waals surface area contributed by atoms with Gasteiger partial charge in [-0.3, -0.25) is 0 Å². The second-order valence-electron chi connectivity index (χ2n) is 7.13. The number of benzene rings is 1. The molecular weight excluding hydrogens is 342 g/mol. The number of amides is 1. The van der Waals surface area contributed by atoms with Gasteiger partial charge in [0.15, 0.2) is 0 Å². The maximum absolute atomic E-state index is 12.5. The summed E-state index contributed by atoms with van der Waals surface area (Å²) in [5.41, 5.74) is 1.13. The van der Waals surface area contributed by atoms with Crippen molar-refractivity contribution in [1.29, 1.82) is 0 Å². The van der Waals surface area contributed by atoms with E-state index in [1.165, 1.54) is 0 Å². The standard InChI is InChI=1S/C22H29NO4/c1-6-7-9-12-17(2)15-19(23-21(25)27-22(3,4)5)20(24)26-16-18-13-10-8-11-14-18/h6-14,19H,1,15-16H2,2-5H3,(H,23,25)/b9-7-,17-12+. The Bertz CT molecular complexity index is 684. The molecule has 0 aliphatic rings. The third-order valence-corrected chi connectivity index (χ3v) is 3.35. The average molecular weight is 371 g/mol. The molecule has 0 saturated heterocycles. The molecule has 1 rings (SSSR count). The molecule has 0 bridgehead atoms. The molecule has 1 N–H and O–H groups in total. The summed E-state index contributed by atoms with van der Waals surface area (Å²) in [6.07, 6.45) is 6.78. The number of esters is 1. The number of hydrogen-bond donors (Lipinski definition) is 1. The highest BCUT2D eigenvalue weighted by atomic mass is 16.6. The molecule has 5 nitrogen and oxygen atoms in total. The molecule has 0 aliphatic heterocycles. The number of allylic oxidation sites excluding steroid dienone is 4. The summed E-state index contributed by atoms with van der Waals surface area (Å²) >= 11 is 0. The van der Waals surface area contributed by atoms with Crippen LogP contribution in [0.1, 0.15) is 39.7 Å². The first-order valence-electron chi connectivity index (χ1n) is 8.86. The van der Waals surface area contributed by atoms with Gasteiger partial charge in [0.1, 0.15) is 18.2 Å². The van der Waals surface area contributed by atoms with Gasteiger partial charge in [-0.25, -0.2) is 9.59 Å². The molecule has 0 heterocycles. The van der Waals surface area contributed by atoms with Crippen LogP contribution in [0.4, 0.5) is 4.79 Å². The van der Waals surface area contributed by atoms with Crippen molar-refractivity contribution in [3.05, 3.63) is 72.4 Å². The van der Waals surface area contributed by atoms with E-state index in [1.807, 2.05) is 49.4 Å². The van der Waals surface area contributed by atoms with Crippen LogP contribution in [-0.4, -0.2) is 23.7 Å². The molecule has 1 atom stereocenters. The van der Waals surface area contributed by atoms with E-state index >= 15 is 0 Å². The van der Waals surface area contributed by atoms with Gasteiger partial charge in [0.2, 0.25) is 0 Å². The summed E-state index contributed by atoms with van der Waals surface area (Å²) in [6, 6.07) is 8.54. The lowest BCUT2D eigenvalue weighted by atomic mass is 10.1. The molecule has 146 valence electrons. The number of rotatable bonds is 8. The van der Waals surface area contributed by atoms with Gasteiger partial charge in [0.25, 0.3) is 0 Å². The van der Waals surface area contributed by atoms with Gasteiger partial charge in [0, 0.05) is 0 Å². The highest BCUT2D eigenvalue weighted by Gasteiger charge is 2.25. The highest BCUT2D eigenvalue weighted by molar-refractivity contribution is 5.81. The minimum atomic E-state index is -0.836. The molecule has 5 heteroatoms. The Labute approximate surface area is 161 Å².